The molecule has 2 aromatic carbocycles. The maximum absolute atomic E-state index is 4.28. The summed E-state index contributed by atoms with van der Waals surface area (Å²) in [4.78, 5) is 3.09. The van der Waals surface area contributed by atoms with Crippen molar-refractivity contribution in [3.05, 3.63) is 48.5 Å². The van der Waals surface area contributed by atoms with E-state index < -0.39 is 0 Å². The largest absolute Gasteiger partial charge is 0.378 e. The molecule has 0 atom stereocenters. The van der Waals surface area contributed by atoms with E-state index in [1.54, 1.807) is 0 Å². The van der Waals surface area contributed by atoms with E-state index in [1.165, 1.54) is 16.8 Å². The second-order valence-electron chi connectivity index (χ2n) is 3.99. The summed E-state index contributed by atoms with van der Waals surface area (Å²) in [5, 5.41) is 0. The van der Waals surface area contributed by atoms with E-state index >= 15 is 0 Å². The topological polar surface area (TPSA) is 3.24 Å². The van der Waals surface area contributed by atoms with Crippen LogP contribution in [0.1, 0.15) is 0 Å². The van der Waals surface area contributed by atoms with E-state index in [9.17, 15) is 0 Å². The fraction of sp³-hybridized carbons (Fsp3) is 0.143. The van der Waals surface area contributed by atoms with E-state index in [0.29, 0.717) is 0 Å². The predicted molar refractivity (Wildman–Crippen MR) is 73.5 cm³/mol. The highest BCUT2D eigenvalue weighted by Gasteiger charge is 1.98. The van der Waals surface area contributed by atoms with Crippen LogP contribution in [-0.2, 0) is 0 Å². The Hall–Kier alpha value is -1.41. The Morgan fingerprint density at radius 1 is 0.750 bits per heavy atom. The second kappa shape index (κ2) is 4.62. The molecule has 0 aromatic heterocycles. The van der Waals surface area contributed by atoms with Crippen molar-refractivity contribution in [3.63, 3.8) is 0 Å². The first kappa shape index (κ1) is 11.1. The van der Waals surface area contributed by atoms with Gasteiger partial charge in [0.25, 0.3) is 0 Å². The molecular formula is C14H15NS. The molecule has 0 aliphatic heterocycles. The molecule has 0 spiro atoms. The smallest absolute Gasteiger partial charge is 0.0361 e. The molecule has 1 nitrogen and oxygen atoms in total. The van der Waals surface area contributed by atoms with Crippen LogP contribution in [0.15, 0.2) is 53.4 Å². The Kier molecular flexibility index (Phi) is 3.20. The fourth-order valence-corrected chi connectivity index (χ4v) is 1.75. The normalized spacial score (nSPS) is 10.2. The third-order valence-electron chi connectivity index (χ3n) is 2.58. The number of rotatable bonds is 2. The van der Waals surface area contributed by atoms with Crippen molar-refractivity contribution in [1.82, 2.24) is 0 Å². The quantitative estimate of drug-likeness (QED) is 0.768. The predicted octanol–water partition coefficient (Wildman–Crippen LogP) is 3.71. The van der Waals surface area contributed by atoms with Crippen molar-refractivity contribution in [3.8, 4) is 11.1 Å². The molecule has 0 fully saturated rings. The van der Waals surface area contributed by atoms with Gasteiger partial charge in [0.1, 0.15) is 0 Å². The summed E-state index contributed by atoms with van der Waals surface area (Å²) in [7, 11) is 4.09. The van der Waals surface area contributed by atoms with Gasteiger partial charge in [0.15, 0.2) is 0 Å². The van der Waals surface area contributed by atoms with Crippen LogP contribution in [0.2, 0.25) is 0 Å². The van der Waals surface area contributed by atoms with E-state index in [2.05, 4.69) is 53.9 Å². The lowest BCUT2D eigenvalue weighted by atomic mass is 10.1. The Bertz CT molecular complexity index is 457. The molecule has 2 heteroatoms. The Morgan fingerprint density at radius 2 is 1.19 bits per heavy atom. The van der Waals surface area contributed by atoms with Crippen molar-refractivity contribution >= 4 is 18.3 Å². The van der Waals surface area contributed by atoms with Gasteiger partial charge in [-0.05, 0) is 35.4 Å². The Morgan fingerprint density at radius 3 is 1.62 bits per heavy atom. The minimum absolute atomic E-state index is 0.994. The van der Waals surface area contributed by atoms with Gasteiger partial charge in [-0.1, -0.05) is 24.3 Å². The highest BCUT2D eigenvalue weighted by atomic mass is 32.1. The first-order valence-electron chi connectivity index (χ1n) is 5.23. The van der Waals surface area contributed by atoms with Gasteiger partial charge in [0, 0.05) is 24.7 Å². The molecule has 0 aliphatic carbocycles. The van der Waals surface area contributed by atoms with Crippen LogP contribution in [0.4, 0.5) is 5.69 Å². The summed E-state index contributed by atoms with van der Waals surface area (Å²) >= 11 is 4.28. The van der Waals surface area contributed by atoms with Crippen molar-refractivity contribution in [2.45, 2.75) is 4.90 Å². The molecule has 0 amide bonds. The van der Waals surface area contributed by atoms with Gasteiger partial charge in [-0.25, -0.2) is 0 Å². The lowest BCUT2D eigenvalue weighted by molar-refractivity contribution is 1.13. The average molecular weight is 229 g/mol. The SMILES string of the molecule is CN(C)c1ccc(-c2ccc(S)cc2)cc1. The first-order chi connectivity index (χ1) is 7.66. The number of hydrogen-bond donors (Lipinski definition) is 1. The lowest BCUT2D eigenvalue weighted by Crippen LogP contribution is -2.07. The summed E-state index contributed by atoms with van der Waals surface area (Å²) in [5.41, 5.74) is 3.68. The van der Waals surface area contributed by atoms with Crippen LogP contribution in [0.3, 0.4) is 0 Å². The maximum Gasteiger partial charge on any atom is 0.0361 e. The third kappa shape index (κ3) is 2.39. The highest BCUT2D eigenvalue weighted by Crippen LogP contribution is 2.23. The fourth-order valence-electron chi connectivity index (χ4n) is 1.61. The number of thiol groups is 1. The molecule has 0 aliphatic rings. The molecule has 2 aromatic rings. The molecule has 2 rings (SSSR count). The van der Waals surface area contributed by atoms with Crippen molar-refractivity contribution in [1.29, 1.82) is 0 Å². The summed E-state index contributed by atoms with van der Waals surface area (Å²) in [6, 6.07) is 16.7. The number of anilines is 1. The summed E-state index contributed by atoms with van der Waals surface area (Å²) in [5.74, 6) is 0. The zero-order valence-corrected chi connectivity index (χ0v) is 10.4. The number of benzene rings is 2. The molecular weight excluding hydrogens is 214 g/mol. The van der Waals surface area contributed by atoms with E-state index in [0.717, 1.165) is 4.90 Å². The van der Waals surface area contributed by atoms with Crippen LogP contribution in [0.25, 0.3) is 11.1 Å². The van der Waals surface area contributed by atoms with Crippen LogP contribution in [-0.4, -0.2) is 14.1 Å². The maximum atomic E-state index is 4.28. The molecule has 0 N–H and O–H groups in total. The number of hydrogen-bond acceptors (Lipinski definition) is 2. The van der Waals surface area contributed by atoms with E-state index in [4.69, 9.17) is 0 Å². The van der Waals surface area contributed by atoms with Gasteiger partial charge in [-0.3, -0.25) is 0 Å². The van der Waals surface area contributed by atoms with Crippen LogP contribution in [0, 0.1) is 0 Å². The molecule has 82 valence electrons. The summed E-state index contributed by atoms with van der Waals surface area (Å²) in [6.07, 6.45) is 0. The first-order valence-corrected chi connectivity index (χ1v) is 5.68. The zero-order chi connectivity index (χ0) is 11.5. The van der Waals surface area contributed by atoms with Gasteiger partial charge in [-0.2, -0.15) is 0 Å². The summed E-state index contributed by atoms with van der Waals surface area (Å²) in [6.45, 7) is 0. The second-order valence-corrected chi connectivity index (χ2v) is 4.50. The third-order valence-corrected chi connectivity index (χ3v) is 2.88. The molecule has 16 heavy (non-hydrogen) atoms. The van der Waals surface area contributed by atoms with Crippen LogP contribution >= 0.6 is 12.6 Å². The standard InChI is InChI=1S/C14H15NS/c1-15(2)13-7-3-11(4-8-13)12-5-9-14(16)10-6-12/h3-10,16H,1-2H3. The molecule has 0 bridgehead atoms. The molecule has 0 unspecified atom stereocenters. The van der Waals surface area contributed by atoms with E-state index in [1.807, 2.05) is 26.2 Å². The van der Waals surface area contributed by atoms with Gasteiger partial charge < -0.3 is 4.90 Å². The van der Waals surface area contributed by atoms with Crippen molar-refractivity contribution in [2.75, 3.05) is 19.0 Å². The van der Waals surface area contributed by atoms with Crippen LogP contribution < -0.4 is 4.90 Å². The molecule has 0 heterocycles. The molecule has 0 saturated carbocycles. The lowest BCUT2D eigenvalue weighted by Gasteiger charge is -2.12. The summed E-state index contributed by atoms with van der Waals surface area (Å²) < 4.78 is 0. The van der Waals surface area contributed by atoms with Gasteiger partial charge in [-0.15, -0.1) is 12.6 Å². The zero-order valence-electron chi connectivity index (χ0n) is 9.51. The van der Waals surface area contributed by atoms with Crippen molar-refractivity contribution in [2.24, 2.45) is 0 Å². The van der Waals surface area contributed by atoms with Gasteiger partial charge in [0.2, 0.25) is 0 Å². The Labute approximate surface area is 102 Å². The minimum Gasteiger partial charge on any atom is -0.378 e. The molecule has 0 saturated heterocycles. The average Bonchev–Trinajstić information content (AvgIpc) is 2.30. The Balaban J connectivity index is 2.31. The highest BCUT2D eigenvalue weighted by molar-refractivity contribution is 7.80. The van der Waals surface area contributed by atoms with Gasteiger partial charge >= 0.3 is 0 Å². The number of nitrogens with zero attached hydrogens (tertiary/aromatic N) is 1. The molecule has 0 radical (unpaired) electrons. The monoisotopic (exact) mass is 229 g/mol. The van der Waals surface area contributed by atoms with Gasteiger partial charge in [0.05, 0.1) is 0 Å². The van der Waals surface area contributed by atoms with Crippen molar-refractivity contribution < 1.29 is 0 Å². The minimum atomic E-state index is 0.994. The van der Waals surface area contributed by atoms with E-state index in [-0.39, 0.29) is 0 Å². The van der Waals surface area contributed by atoms with Crippen LogP contribution in [0.5, 0.6) is 0 Å².